The molecule has 2 heterocycles. The number of hydrogen-bond acceptors (Lipinski definition) is 3. The summed E-state index contributed by atoms with van der Waals surface area (Å²) in [7, 11) is 0. The summed E-state index contributed by atoms with van der Waals surface area (Å²) in [5, 5.41) is 2.19. The van der Waals surface area contributed by atoms with E-state index in [1.807, 2.05) is 24.4 Å². The Morgan fingerprint density at radius 2 is 1.00 bits per heavy atom. The fraction of sp³-hybridized carbons (Fsp3) is 0. The van der Waals surface area contributed by atoms with E-state index in [1.54, 1.807) is 0 Å². The molecule has 0 saturated carbocycles. The number of nitrogens with zero attached hydrogens (tertiary/aromatic N) is 2. The Hall–Kier alpha value is -5.54. The van der Waals surface area contributed by atoms with Gasteiger partial charge in [0.15, 0.2) is 0 Å². The van der Waals surface area contributed by atoms with E-state index in [0.29, 0.717) is 0 Å². The van der Waals surface area contributed by atoms with Crippen molar-refractivity contribution in [3.05, 3.63) is 134 Å². The second-order valence-corrected chi connectivity index (χ2v) is 10.5. The van der Waals surface area contributed by atoms with E-state index < -0.39 is 0 Å². The molecule has 3 nitrogen and oxygen atoms in total. The third kappa shape index (κ3) is 3.20. The molecule has 1 aliphatic rings. The van der Waals surface area contributed by atoms with E-state index >= 15 is 0 Å². The molecule has 0 amide bonds. The number of aromatic nitrogens is 2. The molecule has 6 aromatic carbocycles. The van der Waals surface area contributed by atoms with Crippen LogP contribution < -0.4 is 0 Å². The molecular formula is C38H22N2O. The van der Waals surface area contributed by atoms with Gasteiger partial charge in [-0.15, -0.1) is 0 Å². The lowest BCUT2D eigenvalue weighted by atomic mass is 9.80. The summed E-state index contributed by atoms with van der Waals surface area (Å²) in [6, 6.07) is 44.8. The van der Waals surface area contributed by atoms with E-state index in [1.165, 1.54) is 27.8 Å². The average molecular weight is 523 g/mol. The Labute approximate surface area is 236 Å². The summed E-state index contributed by atoms with van der Waals surface area (Å²) in [6.07, 6.45) is 1.87. The summed E-state index contributed by atoms with van der Waals surface area (Å²) < 4.78 is 6.37. The van der Waals surface area contributed by atoms with Crippen LogP contribution in [-0.4, -0.2) is 9.97 Å². The molecule has 3 heteroatoms. The van der Waals surface area contributed by atoms with Gasteiger partial charge < -0.3 is 4.42 Å². The van der Waals surface area contributed by atoms with Crippen molar-refractivity contribution in [1.29, 1.82) is 0 Å². The third-order valence-electron chi connectivity index (χ3n) is 8.32. The summed E-state index contributed by atoms with van der Waals surface area (Å²) in [4.78, 5) is 10.3. The molecule has 0 spiro atoms. The van der Waals surface area contributed by atoms with Gasteiger partial charge in [0.05, 0.1) is 22.9 Å². The van der Waals surface area contributed by atoms with Gasteiger partial charge >= 0.3 is 0 Å². The topological polar surface area (TPSA) is 38.9 Å². The summed E-state index contributed by atoms with van der Waals surface area (Å²) >= 11 is 0. The van der Waals surface area contributed by atoms with Crippen LogP contribution in [0.2, 0.25) is 0 Å². The zero-order valence-electron chi connectivity index (χ0n) is 22.0. The highest BCUT2D eigenvalue weighted by molar-refractivity contribution is 6.11. The lowest BCUT2D eigenvalue weighted by Crippen LogP contribution is -1.99. The van der Waals surface area contributed by atoms with Crippen LogP contribution >= 0.6 is 0 Å². The number of benzene rings is 6. The van der Waals surface area contributed by atoms with Crippen molar-refractivity contribution in [2.75, 3.05) is 0 Å². The Morgan fingerprint density at radius 3 is 1.73 bits per heavy atom. The zero-order valence-corrected chi connectivity index (χ0v) is 22.0. The van der Waals surface area contributed by atoms with Crippen molar-refractivity contribution in [3.8, 4) is 55.8 Å². The van der Waals surface area contributed by atoms with Crippen molar-refractivity contribution in [2.45, 2.75) is 0 Å². The molecule has 0 saturated heterocycles. The maximum absolute atomic E-state index is 6.37. The third-order valence-corrected chi connectivity index (χ3v) is 8.32. The van der Waals surface area contributed by atoms with Crippen LogP contribution in [0.1, 0.15) is 0 Å². The molecule has 0 bridgehead atoms. The minimum atomic E-state index is 0.795. The van der Waals surface area contributed by atoms with E-state index in [2.05, 4.69) is 109 Å². The largest absolute Gasteiger partial charge is 0.455 e. The van der Waals surface area contributed by atoms with Crippen molar-refractivity contribution in [3.63, 3.8) is 0 Å². The van der Waals surface area contributed by atoms with Gasteiger partial charge in [-0.3, -0.25) is 4.98 Å². The summed E-state index contributed by atoms with van der Waals surface area (Å²) in [5.74, 6) is 0. The van der Waals surface area contributed by atoms with Gasteiger partial charge in [0, 0.05) is 21.9 Å². The average Bonchev–Trinajstić information content (AvgIpc) is 3.42. The van der Waals surface area contributed by atoms with Gasteiger partial charge in [-0.2, -0.15) is 0 Å². The quantitative estimate of drug-likeness (QED) is 0.215. The van der Waals surface area contributed by atoms with Crippen LogP contribution in [0.15, 0.2) is 138 Å². The zero-order chi connectivity index (χ0) is 26.9. The number of fused-ring (bicyclic) bond motifs is 13. The van der Waals surface area contributed by atoms with E-state index in [-0.39, 0.29) is 0 Å². The standard InChI is InChI=1S/C38H22N2O/c1-2-11-24-23(10-1)25-12-3-4-14-27(25)30-20-21-33-37(36(30)29-16-6-5-13-26(24)29)40-34(22-39-33)32-18-9-17-31-28-15-7-8-19-35(28)41-38(31)32/h1-22H. The maximum Gasteiger partial charge on any atom is 0.144 e. The Bertz CT molecular complexity index is 2320. The monoisotopic (exact) mass is 522 g/mol. The molecule has 9 rings (SSSR count). The second-order valence-electron chi connectivity index (χ2n) is 10.5. The van der Waals surface area contributed by atoms with Crippen LogP contribution in [0, 0.1) is 0 Å². The van der Waals surface area contributed by atoms with Gasteiger partial charge in [-0.1, -0.05) is 109 Å². The minimum Gasteiger partial charge on any atom is -0.455 e. The molecule has 8 aromatic rings. The van der Waals surface area contributed by atoms with E-state index in [0.717, 1.165) is 60.9 Å². The lowest BCUT2D eigenvalue weighted by molar-refractivity contribution is 0.670. The smallest absolute Gasteiger partial charge is 0.144 e. The molecule has 0 radical (unpaired) electrons. The van der Waals surface area contributed by atoms with Crippen LogP contribution in [0.3, 0.4) is 0 Å². The number of hydrogen-bond donors (Lipinski definition) is 0. The van der Waals surface area contributed by atoms with Crippen LogP contribution in [-0.2, 0) is 0 Å². The molecule has 0 unspecified atom stereocenters. The molecule has 0 N–H and O–H groups in total. The first-order chi connectivity index (χ1) is 20.3. The first kappa shape index (κ1) is 22.3. The summed E-state index contributed by atoms with van der Waals surface area (Å²) in [5.41, 5.74) is 14.7. The summed E-state index contributed by atoms with van der Waals surface area (Å²) in [6.45, 7) is 0. The Kier molecular flexibility index (Phi) is 4.61. The first-order valence-electron chi connectivity index (χ1n) is 13.8. The maximum atomic E-state index is 6.37. The van der Waals surface area contributed by atoms with Crippen molar-refractivity contribution in [2.24, 2.45) is 0 Å². The molecule has 0 fully saturated rings. The molecular weight excluding hydrogens is 500 g/mol. The normalized spacial score (nSPS) is 11.9. The molecule has 1 aliphatic carbocycles. The molecule has 0 aliphatic heterocycles. The van der Waals surface area contributed by atoms with Gasteiger partial charge in [-0.05, 0) is 57.1 Å². The van der Waals surface area contributed by atoms with E-state index in [9.17, 15) is 0 Å². The van der Waals surface area contributed by atoms with Gasteiger partial charge in [0.1, 0.15) is 11.2 Å². The van der Waals surface area contributed by atoms with Crippen LogP contribution in [0.5, 0.6) is 0 Å². The highest BCUT2D eigenvalue weighted by Crippen LogP contribution is 2.49. The van der Waals surface area contributed by atoms with Crippen LogP contribution in [0.25, 0.3) is 88.7 Å². The number of furan rings is 1. The molecule has 41 heavy (non-hydrogen) atoms. The van der Waals surface area contributed by atoms with Crippen LogP contribution in [0.4, 0.5) is 0 Å². The number of rotatable bonds is 1. The fourth-order valence-electron chi connectivity index (χ4n) is 6.49. The van der Waals surface area contributed by atoms with Crippen molar-refractivity contribution >= 4 is 33.0 Å². The SMILES string of the molecule is c1ccc2c(c1)-c1ccccc1-c1ccc3ncc(-c4cccc5c4oc4ccccc45)nc3c1-c1ccccc1-2. The van der Waals surface area contributed by atoms with Gasteiger partial charge in [0.25, 0.3) is 0 Å². The first-order valence-corrected chi connectivity index (χ1v) is 13.8. The predicted molar refractivity (Wildman–Crippen MR) is 168 cm³/mol. The Morgan fingerprint density at radius 1 is 0.439 bits per heavy atom. The van der Waals surface area contributed by atoms with Crippen molar-refractivity contribution < 1.29 is 4.42 Å². The minimum absolute atomic E-state index is 0.795. The molecule has 0 atom stereocenters. The molecule has 2 aromatic heterocycles. The van der Waals surface area contributed by atoms with Crippen molar-refractivity contribution in [1.82, 2.24) is 9.97 Å². The highest BCUT2D eigenvalue weighted by atomic mass is 16.3. The fourth-order valence-corrected chi connectivity index (χ4v) is 6.49. The number of para-hydroxylation sites is 2. The molecule has 190 valence electrons. The lowest BCUT2D eigenvalue weighted by Gasteiger charge is -2.23. The Balaban J connectivity index is 1.39. The van der Waals surface area contributed by atoms with Gasteiger partial charge in [-0.25, -0.2) is 4.98 Å². The second kappa shape index (κ2) is 8.48. The van der Waals surface area contributed by atoms with E-state index in [4.69, 9.17) is 14.4 Å². The predicted octanol–water partition coefficient (Wildman–Crippen LogP) is 10.2. The van der Waals surface area contributed by atoms with Gasteiger partial charge in [0.2, 0.25) is 0 Å². The highest BCUT2D eigenvalue weighted by Gasteiger charge is 2.24.